The van der Waals surface area contributed by atoms with Gasteiger partial charge in [-0.1, -0.05) is 0 Å². The van der Waals surface area contributed by atoms with Gasteiger partial charge in [0, 0.05) is 12.3 Å². The number of anilines is 2. The summed E-state index contributed by atoms with van der Waals surface area (Å²) in [6.45, 7) is 2.89. The van der Waals surface area contributed by atoms with E-state index in [1.165, 1.54) is 0 Å². The Hall–Kier alpha value is -1.75. The SMILES string of the molecule is CC1OCCC1Nc1nc2ccc(N)cc2[nH]1. The third-order valence-electron chi connectivity index (χ3n) is 3.20. The Morgan fingerprint density at radius 3 is 3.18 bits per heavy atom. The summed E-state index contributed by atoms with van der Waals surface area (Å²) >= 11 is 0. The molecule has 2 unspecified atom stereocenters. The van der Waals surface area contributed by atoms with Crippen LogP contribution in [0.1, 0.15) is 13.3 Å². The highest BCUT2D eigenvalue weighted by Crippen LogP contribution is 2.20. The van der Waals surface area contributed by atoms with Gasteiger partial charge >= 0.3 is 0 Å². The maximum Gasteiger partial charge on any atom is 0.201 e. The number of benzene rings is 1. The molecule has 4 N–H and O–H groups in total. The topological polar surface area (TPSA) is 76.0 Å². The number of ether oxygens (including phenoxy) is 1. The monoisotopic (exact) mass is 232 g/mol. The normalized spacial score (nSPS) is 24.3. The van der Waals surface area contributed by atoms with Crippen LogP contribution in [-0.2, 0) is 4.74 Å². The predicted molar refractivity (Wildman–Crippen MR) is 67.9 cm³/mol. The van der Waals surface area contributed by atoms with Crippen LogP contribution in [-0.4, -0.2) is 28.7 Å². The first-order valence-corrected chi connectivity index (χ1v) is 5.86. The number of hydrogen-bond donors (Lipinski definition) is 3. The van der Waals surface area contributed by atoms with Gasteiger partial charge in [0.25, 0.3) is 0 Å². The number of fused-ring (bicyclic) bond motifs is 1. The fraction of sp³-hybridized carbons (Fsp3) is 0.417. The summed E-state index contributed by atoms with van der Waals surface area (Å²) in [4.78, 5) is 7.70. The van der Waals surface area contributed by atoms with Crippen molar-refractivity contribution in [2.45, 2.75) is 25.5 Å². The molecule has 2 atom stereocenters. The molecule has 0 radical (unpaired) electrons. The third kappa shape index (κ3) is 1.93. The number of hydrogen-bond acceptors (Lipinski definition) is 4. The van der Waals surface area contributed by atoms with Gasteiger partial charge in [-0.2, -0.15) is 0 Å². The highest BCUT2D eigenvalue weighted by atomic mass is 16.5. The first kappa shape index (κ1) is 10.4. The fourth-order valence-electron chi connectivity index (χ4n) is 2.19. The molecule has 0 bridgehead atoms. The van der Waals surface area contributed by atoms with Crippen molar-refractivity contribution in [3.8, 4) is 0 Å². The molecule has 1 aliphatic rings. The summed E-state index contributed by atoms with van der Waals surface area (Å²) in [6, 6.07) is 5.99. The van der Waals surface area contributed by atoms with Crippen molar-refractivity contribution in [3.05, 3.63) is 18.2 Å². The van der Waals surface area contributed by atoms with Crippen LogP contribution in [0.4, 0.5) is 11.6 Å². The van der Waals surface area contributed by atoms with E-state index in [-0.39, 0.29) is 6.10 Å². The smallest absolute Gasteiger partial charge is 0.201 e. The number of rotatable bonds is 2. The van der Waals surface area contributed by atoms with Gasteiger partial charge in [-0.15, -0.1) is 0 Å². The minimum absolute atomic E-state index is 0.230. The average Bonchev–Trinajstić information content (AvgIpc) is 2.85. The molecule has 90 valence electrons. The lowest BCUT2D eigenvalue weighted by Crippen LogP contribution is -2.27. The van der Waals surface area contributed by atoms with Crippen LogP contribution in [0.5, 0.6) is 0 Å². The van der Waals surface area contributed by atoms with Crippen molar-refractivity contribution in [1.29, 1.82) is 0 Å². The molecule has 2 heterocycles. The quantitative estimate of drug-likeness (QED) is 0.689. The van der Waals surface area contributed by atoms with Crippen molar-refractivity contribution in [3.63, 3.8) is 0 Å². The molecule has 0 saturated carbocycles. The minimum atomic E-state index is 0.230. The number of nitrogens with two attached hydrogens (primary N) is 1. The Kier molecular flexibility index (Phi) is 2.40. The Morgan fingerprint density at radius 2 is 2.41 bits per heavy atom. The molecule has 0 aliphatic carbocycles. The average molecular weight is 232 g/mol. The highest BCUT2D eigenvalue weighted by molar-refractivity contribution is 5.80. The van der Waals surface area contributed by atoms with E-state index in [9.17, 15) is 0 Å². The fourth-order valence-corrected chi connectivity index (χ4v) is 2.19. The zero-order valence-electron chi connectivity index (χ0n) is 9.73. The minimum Gasteiger partial charge on any atom is -0.399 e. The maximum absolute atomic E-state index is 5.73. The number of aromatic nitrogens is 2. The molecular formula is C12H16N4O. The highest BCUT2D eigenvalue weighted by Gasteiger charge is 2.24. The molecule has 5 nitrogen and oxygen atoms in total. The Labute approximate surface area is 99.4 Å². The molecule has 1 aromatic heterocycles. The first-order chi connectivity index (χ1) is 8.22. The largest absolute Gasteiger partial charge is 0.399 e. The Balaban J connectivity index is 1.85. The van der Waals surface area contributed by atoms with Gasteiger partial charge in [0.05, 0.1) is 23.2 Å². The number of nitrogens with one attached hydrogen (secondary N) is 2. The van der Waals surface area contributed by atoms with Crippen LogP contribution >= 0.6 is 0 Å². The summed E-state index contributed by atoms with van der Waals surface area (Å²) in [5.74, 6) is 0.785. The van der Waals surface area contributed by atoms with Gasteiger partial charge < -0.3 is 20.8 Å². The maximum atomic E-state index is 5.73. The van der Waals surface area contributed by atoms with Crippen LogP contribution in [0, 0.1) is 0 Å². The van der Waals surface area contributed by atoms with Crippen molar-refractivity contribution in [2.24, 2.45) is 0 Å². The number of imidazole rings is 1. The summed E-state index contributed by atoms with van der Waals surface area (Å²) < 4.78 is 5.51. The molecule has 1 aromatic carbocycles. The van der Waals surface area contributed by atoms with E-state index in [0.29, 0.717) is 6.04 Å². The number of nitrogen functional groups attached to an aromatic ring is 1. The lowest BCUT2D eigenvalue weighted by molar-refractivity contribution is 0.121. The van der Waals surface area contributed by atoms with Crippen LogP contribution in [0.3, 0.4) is 0 Å². The van der Waals surface area contributed by atoms with Crippen molar-refractivity contribution < 1.29 is 4.74 Å². The Bertz CT molecular complexity index is 536. The molecule has 1 fully saturated rings. The van der Waals surface area contributed by atoms with E-state index in [2.05, 4.69) is 22.2 Å². The van der Waals surface area contributed by atoms with E-state index in [0.717, 1.165) is 35.7 Å². The van der Waals surface area contributed by atoms with E-state index in [1.807, 2.05) is 18.2 Å². The molecule has 1 aliphatic heterocycles. The molecule has 17 heavy (non-hydrogen) atoms. The third-order valence-corrected chi connectivity index (χ3v) is 3.20. The van der Waals surface area contributed by atoms with Crippen molar-refractivity contribution in [2.75, 3.05) is 17.7 Å². The van der Waals surface area contributed by atoms with E-state index >= 15 is 0 Å². The van der Waals surface area contributed by atoms with Gasteiger partial charge in [-0.25, -0.2) is 4.98 Å². The van der Waals surface area contributed by atoms with Crippen LogP contribution in [0.15, 0.2) is 18.2 Å². The standard InChI is InChI=1S/C12H16N4O/c1-7-9(4-5-17-7)14-12-15-10-3-2-8(13)6-11(10)16-12/h2-3,6-7,9H,4-5,13H2,1H3,(H2,14,15,16). The summed E-state index contributed by atoms with van der Waals surface area (Å²) in [5.41, 5.74) is 8.35. The van der Waals surface area contributed by atoms with Crippen LogP contribution < -0.4 is 11.1 Å². The second-order valence-corrected chi connectivity index (χ2v) is 4.48. The molecule has 0 amide bonds. The van der Waals surface area contributed by atoms with E-state index in [1.54, 1.807) is 0 Å². The predicted octanol–water partition coefficient (Wildman–Crippen LogP) is 1.73. The summed E-state index contributed by atoms with van der Waals surface area (Å²) in [5, 5.41) is 3.37. The van der Waals surface area contributed by atoms with Crippen LogP contribution in [0.25, 0.3) is 11.0 Å². The van der Waals surface area contributed by atoms with E-state index in [4.69, 9.17) is 10.5 Å². The number of aromatic amines is 1. The zero-order chi connectivity index (χ0) is 11.8. The molecule has 2 aromatic rings. The van der Waals surface area contributed by atoms with Gasteiger partial charge in [0.15, 0.2) is 0 Å². The molecule has 3 rings (SSSR count). The first-order valence-electron chi connectivity index (χ1n) is 5.86. The number of nitrogens with zero attached hydrogens (tertiary/aromatic N) is 1. The molecular weight excluding hydrogens is 216 g/mol. The second kappa shape index (κ2) is 3.92. The zero-order valence-corrected chi connectivity index (χ0v) is 9.73. The lowest BCUT2D eigenvalue weighted by atomic mass is 10.2. The van der Waals surface area contributed by atoms with Crippen molar-refractivity contribution in [1.82, 2.24) is 9.97 Å². The Morgan fingerprint density at radius 1 is 1.53 bits per heavy atom. The van der Waals surface area contributed by atoms with Gasteiger partial charge in [-0.3, -0.25) is 0 Å². The van der Waals surface area contributed by atoms with E-state index < -0.39 is 0 Å². The second-order valence-electron chi connectivity index (χ2n) is 4.48. The number of H-pyrrole nitrogens is 1. The summed E-state index contributed by atoms with van der Waals surface area (Å²) in [7, 11) is 0. The lowest BCUT2D eigenvalue weighted by Gasteiger charge is -2.14. The van der Waals surface area contributed by atoms with Crippen LogP contribution in [0.2, 0.25) is 0 Å². The van der Waals surface area contributed by atoms with Gasteiger partial charge in [0.1, 0.15) is 0 Å². The van der Waals surface area contributed by atoms with Gasteiger partial charge in [0.2, 0.25) is 5.95 Å². The molecule has 5 heteroatoms. The summed E-state index contributed by atoms with van der Waals surface area (Å²) in [6.07, 6.45) is 1.24. The van der Waals surface area contributed by atoms with Crippen molar-refractivity contribution >= 4 is 22.7 Å². The molecule has 1 saturated heterocycles. The molecule has 0 spiro atoms. The van der Waals surface area contributed by atoms with Gasteiger partial charge in [-0.05, 0) is 31.5 Å².